The Bertz CT molecular complexity index is 361. The Morgan fingerprint density at radius 2 is 2.07 bits per heavy atom. The van der Waals surface area contributed by atoms with Crippen molar-refractivity contribution in [2.75, 3.05) is 6.61 Å². The molecule has 0 spiro atoms. The van der Waals surface area contributed by atoms with Gasteiger partial charge in [0.25, 0.3) is 5.91 Å². The van der Waals surface area contributed by atoms with Crippen LogP contribution in [0.25, 0.3) is 0 Å². The highest BCUT2D eigenvalue weighted by Crippen LogP contribution is 2.25. The zero-order chi connectivity index (χ0) is 10.2. The zero-order valence-corrected chi connectivity index (χ0v) is 8.33. The molecule has 0 aromatic carbocycles. The summed E-state index contributed by atoms with van der Waals surface area (Å²) in [4.78, 5) is 11.1. The van der Waals surface area contributed by atoms with Gasteiger partial charge in [0, 0.05) is 5.41 Å². The van der Waals surface area contributed by atoms with Crippen molar-refractivity contribution in [3.63, 3.8) is 0 Å². The topological polar surface area (TPSA) is 38.3 Å². The summed E-state index contributed by atoms with van der Waals surface area (Å²) in [7, 11) is 0. The van der Waals surface area contributed by atoms with E-state index in [1.54, 1.807) is 0 Å². The van der Waals surface area contributed by atoms with E-state index >= 15 is 0 Å². The van der Waals surface area contributed by atoms with E-state index in [2.05, 4.69) is 25.2 Å². The summed E-state index contributed by atoms with van der Waals surface area (Å²) < 4.78 is 5.30. The van der Waals surface area contributed by atoms with Crippen molar-refractivity contribution in [1.29, 1.82) is 0 Å². The predicted octanol–water partition coefficient (Wildman–Crippen LogP) is 1.50. The minimum Gasteiger partial charge on any atom is -0.482 e. The number of allylic oxidation sites excluding steroid dienone is 4. The van der Waals surface area contributed by atoms with Crippen molar-refractivity contribution >= 4 is 5.91 Å². The molecule has 0 saturated carbocycles. The van der Waals surface area contributed by atoms with E-state index in [1.807, 2.05) is 18.2 Å². The Balaban J connectivity index is 2.34. The van der Waals surface area contributed by atoms with Gasteiger partial charge in [-0.3, -0.25) is 4.79 Å². The molecular weight excluding hydrogens is 178 g/mol. The molecule has 2 rings (SSSR count). The fraction of sp³-hybridized carbons (Fsp3) is 0.364. The number of carbonyl (C=O) groups is 1. The van der Waals surface area contributed by atoms with Gasteiger partial charge >= 0.3 is 0 Å². The highest BCUT2D eigenvalue weighted by molar-refractivity contribution is 5.81. The second-order valence-corrected chi connectivity index (χ2v) is 4.10. The highest BCUT2D eigenvalue weighted by Gasteiger charge is 2.20. The lowest BCUT2D eigenvalue weighted by molar-refractivity contribution is -0.124. The molecule has 0 unspecified atom stereocenters. The van der Waals surface area contributed by atoms with E-state index in [1.165, 1.54) is 0 Å². The van der Waals surface area contributed by atoms with E-state index in [9.17, 15) is 4.79 Å². The predicted molar refractivity (Wildman–Crippen MR) is 53.2 cm³/mol. The van der Waals surface area contributed by atoms with Crippen LogP contribution in [0.5, 0.6) is 0 Å². The van der Waals surface area contributed by atoms with Crippen molar-refractivity contribution in [1.82, 2.24) is 5.32 Å². The van der Waals surface area contributed by atoms with Crippen molar-refractivity contribution in [3.8, 4) is 0 Å². The Kier molecular flexibility index (Phi) is 1.95. The number of rotatable bonds is 0. The minimum atomic E-state index is -0.0958. The molecule has 0 saturated heterocycles. The highest BCUT2D eigenvalue weighted by atomic mass is 16.5. The molecule has 0 aromatic heterocycles. The number of nitrogens with one attached hydrogen (secondary N) is 1. The fourth-order valence-corrected chi connectivity index (χ4v) is 1.37. The maximum Gasteiger partial charge on any atom is 0.262 e. The lowest BCUT2D eigenvalue weighted by Gasteiger charge is -2.16. The molecule has 2 aliphatic rings. The molecule has 1 N–H and O–H groups in total. The van der Waals surface area contributed by atoms with Gasteiger partial charge in [0.2, 0.25) is 0 Å². The van der Waals surface area contributed by atoms with Gasteiger partial charge < -0.3 is 10.1 Å². The van der Waals surface area contributed by atoms with Gasteiger partial charge in [0.1, 0.15) is 5.76 Å². The summed E-state index contributed by atoms with van der Waals surface area (Å²) in [5.41, 5.74) is 0.758. The molecule has 74 valence electrons. The monoisotopic (exact) mass is 191 g/mol. The van der Waals surface area contributed by atoms with Crippen molar-refractivity contribution < 1.29 is 9.53 Å². The molecular formula is C11H13NO2. The fourth-order valence-electron chi connectivity index (χ4n) is 1.37. The summed E-state index contributed by atoms with van der Waals surface area (Å²) in [5.74, 6) is 0.646. The van der Waals surface area contributed by atoms with Gasteiger partial charge in [-0.25, -0.2) is 0 Å². The quantitative estimate of drug-likeness (QED) is 0.630. The van der Waals surface area contributed by atoms with Gasteiger partial charge in [-0.05, 0) is 12.2 Å². The van der Waals surface area contributed by atoms with Crippen molar-refractivity contribution in [2.45, 2.75) is 13.8 Å². The smallest absolute Gasteiger partial charge is 0.262 e. The van der Waals surface area contributed by atoms with Crippen LogP contribution in [0.15, 0.2) is 35.8 Å². The van der Waals surface area contributed by atoms with Crippen LogP contribution in [0.4, 0.5) is 0 Å². The van der Waals surface area contributed by atoms with Crippen LogP contribution in [0.2, 0.25) is 0 Å². The molecule has 1 heterocycles. The van der Waals surface area contributed by atoms with Gasteiger partial charge in [0.15, 0.2) is 6.61 Å². The Morgan fingerprint density at radius 3 is 2.86 bits per heavy atom. The first kappa shape index (κ1) is 9.06. The van der Waals surface area contributed by atoms with Gasteiger partial charge in [-0.2, -0.15) is 0 Å². The summed E-state index contributed by atoms with van der Waals surface area (Å²) in [5, 5.41) is 2.77. The summed E-state index contributed by atoms with van der Waals surface area (Å²) >= 11 is 0. The van der Waals surface area contributed by atoms with Gasteiger partial charge in [-0.1, -0.05) is 26.0 Å². The van der Waals surface area contributed by atoms with Crippen LogP contribution in [0.1, 0.15) is 13.8 Å². The Morgan fingerprint density at radius 1 is 1.36 bits per heavy atom. The number of carbonyl (C=O) groups excluding carboxylic acids is 1. The summed E-state index contributed by atoms with van der Waals surface area (Å²) in [6.07, 6.45) is 7.91. The van der Waals surface area contributed by atoms with Crippen LogP contribution >= 0.6 is 0 Å². The maximum atomic E-state index is 11.1. The zero-order valence-electron chi connectivity index (χ0n) is 8.33. The van der Waals surface area contributed by atoms with Crippen LogP contribution in [0, 0.1) is 5.41 Å². The summed E-state index contributed by atoms with van der Waals surface area (Å²) in [6, 6.07) is 0. The first-order valence-electron chi connectivity index (χ1n) is 4.62. The molecule has 0 bridgehead atoms. The third kappa shape index (κ3) is 1.71. The van der Waals surface area contributed by atoms with Gasteiger partial charge in [0.05, 0.1) is 5.70 Å². The molecule has 0 radical (unpaired) electrons. The molecule has 0 atom stereocenters. The van der Waals surface area contributed by atoms with E-state index in [4.69, 9.17) is 4.74 Å². The number of ether oxygens (including phenoxy) is 1. The lowest BCUT2D eigenvalue weighted by atomic mass is 9.93. The van der Waals surface area contributed by atoms with Crippen LogP contribution in [-0.4, -0.2) is 12.5 Å². The molecule has 3 heteroatoms. The Hall–Kier alpha value is -1.51. The molecule has 0 fully saturated rings. The van der Waals surface area contributed by atoms with Crippen molar-refractivity contribution in [2.24, 2.45) is 5.41 Å². The maximum absolute atomic E-state index is 11.1. The summed E-state index contributed by atoms with van der Waals surface area (Å²) in [6.45, 7) is 4.30. The van der Waals surface area contributed by atoms with Crippen LogP contribution in [0.3, 0.4) is 0 Å². The van der Waals surface area contributed by atoms with E-state index in [-0.39, 0.29) is 17.9 Å². The molecule has 14 heavy (non-hydrogen) atoms. The minimum absolute atomic E-state index is 0.00538. The number of amides is 1. The van der Waals surface area contributed by atoms with Crippen molar-refractivity contribution in [3.05, 3.63) is 35.8 Å². The largest absolute Gasteiger partial charge is 0.482 e. The van der Waals surface area contributed by atoms with Gasteiger partial charge in [-0.15, -0.1) is 0 Å². The Labute approximate surface area is 83.1 Å². The SMILES string of the molecule is CC1(C)C=CC2=C(C=C1)OCC(=O)N2. The first-order chi connectivity index (χ1) is 6.57. The lowest BCUT2D eigenvalue weighted by Crippen LogP contribution is -2.31. The number of hydrogen-bond donors (Lipinski definition) is 1. The van der Waals surface area contributed by atoms with Crippen LogP contribution in [-0.2, 0) is 9.53 Å². The van der Waals surface area contributed by atoms with Crippen LogP contribution < -0.4 is 5.32 Å². The molecule has 1 amide bonds. The standard InChI is InChI=1S/C11H13NO2/c1-11(2)5-3-8-9(4-6-11)14-7-10(13)12-8/h3-6H,7H2,1-2H3,(H,12,13). The number of hydrogen-bond acceptors (Lipinski definition) is 2. The average Bonchev–Trinajstić information content (AvgIpc) is 2.26. The second kappa shape index (κ2) is 3.01. The molecule has 0 aromatic rings. The third-order valence-corrected chi connectivity index (χ3v) is 2.24. The second-order valence-electron chi connectivity index (χ2n) is 4.10. The molecule has 3 nitrogen and oxygen atoms in total. The van der Waals surface area contributed by atoms with E-state index in [0.29, 0.717) is 0 Å². The normalized spacial score (nSPS) is 23.7. The third-order valence-electron chi connectivity index (χ3n) is 2.24. The van der Waals surface area contributed by atoms with E-state index < -0.39 is 0 Å². The van der Waals surface area contributed by atoms with E-state index in [0.717, 1.165) is 11.5 Å². The molecule has 1 aliphatic carbocycles. The average molecular weight is 191 g/mol. The molecule has 1 aliphatic heterocycles. The first-order valence-corrected chi connectivity index (χ1v) is 4.62.